The van der Waals surface area contributed by atoms with Crippen LogP contribution in [0.4, 0.5) is 10.1 Å². The lowest BCUT2D eigenvalue weighted by molar-refractivity contribution is -0.115. The molecule has 0 bridgehead atoms. The number of halogens is 1. The molecule has 0 spiro atoms. The number of thioether (sulfide) groups is 1. The van der Waals surface area contributed by atoms with Gasteiger partial charge in [-0.1, -0.05) is 30.0 Å². The first-order chi connectivity index (χ1) is 12.0. The van der Waals surface area contributed by atoms with Crippen molar-refractivity contribution < 1.29 is 9.18 Å². The maximum absolute atomic E-state index is 13.1. The number of benzene rings is 2. The first-order valence-corrected chi connectivity index (χ1v) is 8.60. The highest BCUT2D eigenvalue weighted by molar-refractivity contribution is 8.00. The van der Waals surface area contributed by atoms with Crippen LogP contribution >= 0.6 is 11.8 Å². The molecule has 25 heavy (non-hydrogen) atoms. The van der Waals surface area contributed by atoms with Crippen LogP contribution in [-0.2, 0) is 11.8 Å². The summed E-state index contributed by atoms with van der Waals surface area (Å²) in [6.07, 6.45) is 0. The third kappa shape index (κ3) is 4.06. The lowest BCUT2D eigenvalue weighted by Gasteiger charge is -2.11. The van der Waals surface area contributed by atoms with Crippen molar-refractivity contribution in [2.45, 2.75) is 17.3 Å². The molecule has 1 atom stereocenters. The van der Waals surface area contributed by atoms with Gasteiger partial charge in [0.15, 0.2) is 11.0 Å². The van der Waals surface area contributed by atoms with Gasteiger partial charge < -0.3 is 9.88 Å². The highest BCUT2D eigenvalue weighted by Gasteiger charge is 2.19. The third-order valence-corrected chi connectivity index (χ3v) is 4.76. The number of hydrogen-bond donors (Lipinski definition) is 1. The smallest absolute Gasteiger partial charge is 0.237 e. The topological polar surface area (TPSA) is 59.8 Å². The highest BCUT2D eigenvalue weighted by atomic mass is 32.2. The van der Waals surface area contributed by atoms with E-state index < -0.39 is 0 Å². The largest absolute Gasteiger partial charge is 0.325 e. The molecule has 0 aliphatic heterocycles. The Labute approximate surface area is 149 Å². The summed E-state index contributed by atoms with van der Waals surface area (Å²) < 4.78 is 14.9. The summed E-state index contributed by atoms with van der Waals surface area (Å²) in [5, 5.41) is 11.4. The molecule has 2 aromatic carbocycles. The highest BCUT2D eigenvalue weighted by Crippen LogP contribution is 2.26. The molecule has 0 unspecified atom stereocenters. The van der Waals surface area contributed by atoms with Crippen LogP contribution in [0, 0.1) is 5.82 Å². The number of hydrogen-bond acceptors (Lipinski definition) is 4. The third-order valence-electron chi connectivity index (χ3n) is 3.63. The molecule has 1 aromatic heterocycles. The number of aromatic nitrogens is 3. The molecular weight excluding hydrogens is 339 g/mol. The minimum absolute atomic E-state index is 0.109. The van der Waals surface area contributed by atoms with Crippen LogP contribution < -0.4 is 5.32 Å². The van der Waals surface area contributed by atoms with E-state index in [1.165, 1.54) is 23.9 Å². The number of anilines is 1. The van der Waals surface area contributed by atoms with Crippen LogP contribution in [0.5, 0.6) is 0 Å². The standard InChI is InChI=1S/C18H17FN4OS/c1-12(17(24)20-15-6-4-3-5-7-15)25-18-22-21-16(23(18)2)13-8-10-14(19)11-9-13/h3-12H,1-2H3,(H,20,24)/t12-/m1/s1. The maximum atomic E-state index is 13.1. The molecule has 0 aliphatic rings. The summed E-state index contributed by atoms with van der Waals surface area (Å²) in [5.74, 6) is 0.215. The predicted octanol–water partition coefficient (Wildman–Crippen LogP) is 3.74. The van der Waals surface area contributed by atoms with Gasteiger partial charge in [-0.05, 0) is 43.3 Å². The summed E-state index contributed by atoms with van der Waals surface area (Å²) in [5.41, 5.74) is 1.52. The molecular formula is C18H17FN4OS. The van der Waals surface area contributed by atoms with E-state index in [0.717, 1.165) is 11.3 Å². The zero-order chi connectivity index (χ0) is 17.8. The fourth-order valence-corrected chi connectivity index (χ4v) is 3.06. The van der Waals surface area contributed by atoms with Crippen LogP contribution in [-0.4, -0.2) is 25.9 Å². The molecule has 3 aromatic rings. The second-order valence-corrected chi connectivity index (χ2v) is 6.80. The van der Waals surface area contributed by atoms with Gasteiger partial charge >= 0.3 is 0 Å². The average molecular weight is 356 g/mol. The Balaban J connectivity index is 1.70. The number of nitrogens with one attached hydrogen (secondary N) is 1. The Morgan fingerprint density at radius 1 is 1.12 bits per heavy atom. The number of para-hydroxylation sites is 1. The number of nitrogens with zero attached hydrogens (tertiary/aromatic N) is 3. The molecule has 0 radical (unpaired) electrons. The van der Waals surface area contributed by atoms with E-state index in [-0.39, 0.29) is 17.0 Å². The fraction of sp³-hybridized carbons (Fsp3) is 0.167. The van der Waals surface area contributed by atoms with Gasteiger partial charge in [0.2, 0.25) is 5.91 Å². The normalized spacial score (nSPS) is 12.0. The molecule has 0 saturated carbocycles. The number of carbonyl (C=O) groups excluding carboxylic acids is 1. The van der Waals surface area contributed by atoms with Crippen molar-refractivity contribution >= 4 is 23.4 Å². The summed E-state index contributed by atoms with van der Waals surface area (Å²) in [6.45, 7) is 1.81. The van der Waals surface area contributed by atoms with E-state index in [2.05, 4.69) is 15.5 Å². The Kier molecular flexibility index (Phi) is 5.14. The Morgan fingerprint density at radius 2 is 1.80 bits per heavy atom. The molecule has 1 N–H and O–H groups in total. The molecule has 0 saturated heterocycles. The van der Waals surface area contributed by atoms with E-state index in [1.807, 2.05) is 44.3 Å². The van der Waals surface area contributed by atoms with Crippen molar-refractivity contribution in [2.75, 3.05) is 5.32 Å². The second-order valence-electron chi connectivity index (χ2n) is 5.49. The molecule has 1 heterocycles. The summed E-state index contributed by atoms with van der Waals surface area (Å²) in [6, 6.07) is 15.4. The summed E-state index contributed by atoms with van der Waals surface area (Å²) >= 11 is 1.32. The fourth-order valence-electron chi connectivity index (χ4n) is 2.24. The molecule has 3 rings (SSSR count). The van der Waals surface area contributed by atoms with Crippen LogP contribution in [0.25, 0.3) is 11.4 Å². The van der Waals surface area contributed by atoms with Gasteiger partial charge in [0.05, 0.1) is 5.25 Å². The molecule has 0 aliphatic carbocycles. The lowest BCUT2D eigenvalue weighted by atomic mass is 10.2. The van der Waals surface area contributed by atoms with Gasteiger partial charge in [-0.3, -0.25) is 4.79 Å². The van der Waals surface area contributed by atoms with Crippen molar-refractivity contribution in [1.82, 2.24) is 14.8 Å². The van der Waals surface area contributed by atoms with E-state index >= 15 is 0 Å². The summed E-state index contributed by atoms with van der Waals surface area (Å²) in [4.78, 5) is 12.3. The van der Waals surface area contributed by atoms with Gasteiger partial charge in [0.25, 0.3) is 0 Å². The van der Waals surface area contributed by atoms with Crippen LogP contribution in [0.1, 0.15) is 6.92 Å². The molecule has 128 valence electrons. The minimum atomic E-state index is -0.343. The maximum Gasteiger partial charge on any atom is 0.237 e. The van der Waals surface area contributed by atoms with Gasteiger partial charge in [-0.25, -0.2) is 4.39 Å². The van der Waals surface area contributed by atoms with Gasteiger partial charge in [-0.2, -0.15) is 0 Å². The van der Waals surface area contributed by atoms with Gasteiger partial charge in [-0.15, -0.1) is 10.2 Å². The predicted molar refractivity (Wildman–Crippen MR) is 96.8 cm³/mol. The van der Waals surface area contributed by atoms with Crippen molar-refractivity contribution in [2.24, 2.45) is 7.05 Å². The van der Waals surface area contributed by atoms with Crippen molar-refractivity contribution in [3.63, 3.8) is 0 Å². The van der Waals surface area contributed by atoms with Gasteiger partial charge in [0, 0.05) is 18.3 Å². The number of amides is 1. The van der Waals surface area contributed by atoms with Crippen LogP contribution in [0.2, 0.25) is 0 Å². The lowest BCUT2D eigenvalue weighted by Crippen LogP contribution is -2.22. The van der Waals surface area contributed by atoms with Crippen LogP contribution in [0.3, 0.4) is 0 Å². The molecule has 5 nitrogen and oxygen atoms in total. The SMILES string of the molecule is C[C@@H](Sc1nnc(-c2ccc(F)cc2)n1C)C(=O)Nc1ccccc1. The first-order valence-electron chi connectivity index (χ1n) is 7.72. The second kappa shape index (κ2) is 7.48. The van der Waals surface area contributed by atoms with E-state index in [0.29, 0.717) is 11.0 Å². The van der Waals surface area contributed by atoms with E-state index in [1.54, 1.807) is 16.7 Å². The molecule has 7 heteroatoms. The van der Waals surface area contributed by atoms with Crippen molar-refractivity contribution in [3.05, 3.63) is 60.4 Å². The summed E-state index contributed by atoms with van der Waals surface area (Å²) in [7, 11) is 1.82. The Morgan fingerprint density at radius 3 is 2.48 bits per heavy atom. The van der Waals surface area contributed by atoms with Crippen LogP contribution in [0.15, 0.2) is 59.8 Å². The first kappa shape index (κ1) is 17.2. The van der Waals surface area contributed by atoms with E-state index in [9.17, 15) is 9.18 Å². The Bertz CT molecular complexity index is 865. The zero-order valence-corrected chi connectivity index (χ0v) is 14.6. The average Bonchev–Trinajstić information content (AvgIpc) is 2.97. The van der Waals surface area contributed by atoms with Crippen molar-refractivity contribution in [1.29, 1.82) is 0 Å². The Hall–Kier alpha value is -2.67. The zero-order valence-electron chi connectivity index (χ0n) is 13.8. The number of rotatable bonds is 5. The monoisotopic (exact) mass is 356 g/mol. The molecule has 0 fully saturated rings. The number of carbonyl (C=O) groups is 1. The minimum Gasteiger partial charge on any atom is -0.325 e. The van der Waals surface area contributed by atoms with Gasteiger partial charge in [0.1, 0.15) is 5.82 Å². The quantitative estimate of drug-likeness (QED) is 0.708. The van der Waals surface area contributed by atoms with Crippen molar-refractivity contribution in [3.8, 4) is 11.4 Å². The molecule has 1 amide bonds. The van der Waals surface area contributed by atoms with E-state index in [4.69, 9.17) is 0 Å².